The van der Waals surface area contributed by atoms with Gasteiger partial charge < -0.3 is 10.2 Å². The van der Waals surface area contributed by atoms with Gasteiger partial charge in [0.15, 0.2) is 9.84 Å². The number of nitrogens with one attached hydrogen (secondary N) is 1. The summed E-state index contributed by atoms with van der Waals surface area (Å²) < 4.78 is 23.3. The fourth-order valence-electron chi connectivity index (χ4n) is 2.62. The van der Waals surface area contributed by atoms with E-state index >= 15 is 0 Å². The molecule has 1 fully saturated rings. The van der Waals surface area contributed by atoms with E-state index in [1.54, 1.807) is 6.20 Å². The van der Waals surface area contributed by atoms with Crippen molar-refractivity contribution in [3.63, 3.8) is 0 Å². The summed E-state index contributed by atoms with van der Waals surface area (Å²) in [5.74, 6) is 1.29. The summed E-state index contributed by atoms with van der Waals surface area (Å²) in [5, 5.41) is 3.37. The molecule has 5 nitrogen and oxygen atoms in total. The maximum atomic E-state index is 11.6. The first-order valence-electron chi connectivity index (χ1n) is 7.09. The maximum absolute atomic E-state index is 11.6. The Balaban J connectivity index is 2.19. The third kappa shape index (κ3) is 3.49. The molecule has 0 spiro atoms. The van der Waals surface area contributed by atoms with E-state index in [4.69, 9.17) is 0 Å². The fourth-order valence-corrected chi connectivity index (χ4v) is 4.18. The minimum Gasteiger partial charge on any atom is -0.352 e. The molecular formula is C14H23N3O2S. The standard InChI is InChI=1S/C14H23N3O2S/c1-4-15-12(3)13-5-6-16-14(9-13)17-7-8-20(18,19)10-11(17)2/h5-6,9,11-12,15H,4,7-8,10H2,1-3H3. The Morgan fingerprint density at radius 3 is 2.95 bits per heavy atom. The predicted octanol–water partition coefficient (Wildman–Crippen LogP) is 1.38. The first kappa shape index (κ1) is 15.3. The lowest BCUT2D eigenvalue weighted by Gasteiger charge is -2.34. The van der Waals surface area contributed by atoms with Gasteiger partial charge in [0, 0.05) is 24.8 Å². The molecule has 1 aromatic heterocycles. The van der Waals surface area contributed by atoms with Crippen molar-refractivity contribution in [1.29, 1.82) is 0 Å². The molecule has 0 aromatic carbocycles. The average molecular weight is 297 g/mol. The quantitative estimate of drug-likeness (QED) is 0.909. The minimum absolute atomic E-state index is 0.0223. The van der Waals surface area contributed by atoms with Gasteiger partial charge in [0.05, 0.1) is 11.5 Å². The molecule has 2 unspecified atom stereocenters. The summed E-state index contributed by atoms with van der Waals surface area (Å²) in [5.41, 5.74) is 1.18. The minimum atomic E-state index is -2.89. The molecule has 0 radical (unpaired) electrons. The van der Waals surface area contributed by atoms with Crippen molar-refractivity contribution >= 4 is 15.7 Å². The van der Waals surface area contributed by atoms with Crippen LogP contribution in [-0.2, 0) is 9.84 Å². The number of aromatic nitrogens is 1. The highest BCUT2D eigenvalue weighted by Crippen LogP contribution is 2.22. The smallest absolute Gasteiger partial charge is 0.154 e. The zero-order chi connectivity index (χ0) is 14.8. The molecule has 2 heterocycles. The summed E-state index contributed by atoms with van der Waals surface area (Å²) in [6.45, 7) is 7.58. The Kier molecular flexibility index (Phi) is 4.65. The van der Waals surface area contributed by atoms with Crippen LogP contribution in [-0.4, -0.2) is 44.0 Å². The molecule has 112 valence electrons. The molecule has 0 bridgehead atoms. The third-order valence-electron chi connectivity index (χ3n) is 3.74. The molecule has 1 aliphatic heterocycles. The number of nitrogens with zero attached hydrogens (tertiary/aromatic N) is 2. The van der Waals surface area contributed by atoms with Crippen molar-refractivity contribution in [2.75, 3.05) is 29.5 Å². The normalized spacial score (nSPS) is 23.6. The number of pyridine rings is 1. The first-order valence-corrected chi connectivity index (χ1v) is 8.91. The van der Waals surface area contributed by atoms with Crippen molar-refractivity contribution in [3.05, 3.63) is 23.9 Å². The molecule has 20 heavy (non-hydrogen) atoms. The first-order chi connectivity index (χ1) is 9.43. The number of hydrogen-bond acceptors (Lipinski definition) is 5. The molecule has 0 saturated carbocycles. The van der Waals surface area contributed by atoms with Gasteiger partial charge in [-0.2, -0.15) is 0 Å². The zero-order valence-corrected chi connectivity index (χ0v) is 13.2. The van der Waals surface area contributed by atoms with E-state index in [0.29, 0.717) is 6.54 Å². The van der Waals surface area contributed by atoms with Crippen molar-refractivity contribution < 1.29 is 8.42 Å². The molecule has 6 heteroatoms. The summed E-state index contributed by atoms with van der Waals surface area (Å²) in [6.07, 6.45) is 1.80. The molecule has 1 aromatic rings. The maximum Gasteiger partial charge on any atom is 0.154 e. The number of hydrogen-bond donors (Lipinski definition) is 1. The predicted molar refractivity (Wildman–Crippen MR) is 81.8 cm³/mol. The third-order valence-corrected chi connectivity index (χ3v) is 5.54. The SMILES string of the molecule is CCNC(C)c1ccnc(N2CCS(=O)(=O)CC2C)c1. The summed E-state index contributed by atoms with van der Waals surface area (Å²) in [4.78, 5) is 6.49. The number of rotatable bonds is 4. The largest absolute Gasteiger partial charge is 0.352 e. The van der Waals surface area contributed by atoms with Crippen LogP contribution in [0, 0.1) is 0 Å². The summed E-state index contributed by atoms with van der Waals surface area (Å²) in [7, 11) is -2.89. The van der Waals surface area contributed by atoms with Crippen LogP contribution in [0.3, 0.4) is 0 Å². The molecule has 1 aliphatic rings. The monoisotopic (exact) mass is 297 g/mol. The van der Waals surface area contributed by atoms with Gasteiger partial charge in [-0.05, 0) is 38.1 Å². The Hall–Kier alpha value is -1.14. The Morgan fingerprint density at radius 1 is 1.55 bits per heavy atom. The zero-order valence-electron chi connectivity index (χ0n) is 12.3. The molecular weight excluding hydrogens is 274 g/mol. The molecule has 1 saturated heterocycles. The topological polar surface area (TPSA) is 62.3 Å². The second-order valence-corrected chi connectivity index (χ2v) is 7.61. The second-order valence-electron chi connectivity index (χ2n) is 5.38. The molecule has 2 atom stereocenters. The van der Waals surface area contributed by atoms with Gasteiger partial charge in [-0.25, -0.2) is 13.4 Å². The highest BCUT2D eigenvalue weighted by Gasteiger charge is 2.29. The van der Waals surface area contributed by atoms with Crippen molar-refractivity contribution in [1.82, 2.24) is 10.3 Å². The van der Waals surface area contributed by atoms with E-state index < -0.39 is 9.84 Å². The molecule has 0 amide bonds. The van der Waals surface area contributed by atoms with Gasteiger partial charge in [-0.15, -0.1) is 0 Å². The van der Waals surface area contributed by atoms with Gasteiger partial charge in [0.1, 0.15) is 5.82 Å². The van der Waals surface area contributed by atoms with E-state index in [0.717, 1.165) is 12.4 Å². The fraction of sp³-hybridized carbons (Fsp3) is 0.643. The Labute approximate surface area is 121 Å². The number of sulfone groups is 1. The van der Waals surface area contributed by atoms with Crippen LogP contribution < -0.4 is 10.2 Å². The lowest BCUT2D eigenvalue weighted by molar-refractivity contribution is 0.565. The van der Waals surface area contributed by atoms with Crippen LogP contribution >= 0.6 is 0 Å². The van der Waals surface area contributed by atoms with E-state index in [9.17, 15) is 8.42 Å². The van der Waals surface area contributed by atoms with Gasteiger partial charge in [0.2, 0.25) is 0 Å². The van der Waals surface area contributed by atoms with Crippen LogP contribution in [0.15, 0.2) is 18.3 Å². The molecule has 1 N–H and O–H groups in total. The van der Waals surface area contributed by atoms with Gasteiger partial charge in [-0.3, -0.25) is 0 Å². The van der Waals surface area contributed by atoms with Crippen LogP contribution in [0.2, 0.25) is 0 Å². The van der Waals surface area contributed by atoms with Crippen molar-refractivity contribution in [2.24, 2.45) is 0 Å². The van der Waals surface area contributed by atoms with Crippen molar-refractivity contribution in [2.45, 2.75) is 32.9 Å². The number of anilines is 1. The van der Waals surface area contributed by atoms with Gasteiger partial charge in [-0.1, -0.05) is 6.92 Å². The van der Waals surface area contributed by atoms with E-state index in [1.165, 1.54) is 5.56 Å². The summed E-state index contributed by atoms with van der Waals surface area (Å²) >= 11 is 0. The van der Waals surface area contributed by atoms with E-state index in [1.807, 2.05) is 13.0 Å². The van der Waals surface area contributed by atoms with Crippen LogP contribution in [0.5, 0.6) is 0 Å². The van der Waals surface area contributed by atoms with Crippen LogP contribution in [0.4, 0.5) is 5.82 Å². The highest BCUT2D eigenvalue weighted by molar-refractivity contribution is 7.91. The Morgan fingerprint density at radius 2 is 2.30 bits per heavy atom. The van der Waals surface area contributed by atoms with Gasteiger partial charge >= 0.3 is 0 Å². The average Bonchev–Trinajstić information content (AvgIpc) is 2.38. The molecule has 2 rings (SSSR count). The summed E-state index contributed by atoms with van der Waals surface area (Å²) in [6, 6.07) is 4.31. The Bertz CT molecular complexity index is 559. The van der Waals surface area contributed by atoms with Gasteiger partial charge in [0.25, 0.3) is 0 Å². The van der Waals surface area contributed by atoms with Crippen molar-refractivity contribution in [3.8, 4) is 0 Å². The highest BCUT2D eigenvalue weighted by atomic mass is 32.2. The molecule has 0 aliphatic carbocycles. The van der Waals surface area contributed by atoms with Crippen LogP contribution in [0.25, 0.3) is 0 Å². The van der Waals surface area contributed by atoms with Crippen LogP contribution in [0.1, 0.15) is 32.4 Å². The lowest BCUT2D eigenvalue weighted by atomic mass is 10.1. The second kappa shape index (κ2) is 6.10. The van der Waals surface area contributed by atoms with E-state index in [2.05, 4.69) is 35.1 Å². The lowest BCUT2D eigenvalue weighted by Crippen LogP contribution is -2.47. The van der Waals surface area contributed by atoms with E-state index in [-0.39, 0.29) is 23.6 Å².